The van der Waals surface area contributed by atoms with Gasteiger partial charge in [-0.2, -0.15) is 0 Å². The van der Waals surface area contributed by atoms with E-state index >= 15 is 0 Å². The molecule has 0 spiro atoms. The van der Waals surface area contributed by atoms with Crippen molar-refractivity contribution < 1.29 is 22.7 Å². The molecule has 12 heteroatoms. The third-order valence-electron chi connectivity index (χ3n) is 5.10. The number of sulfonamides is 1. The summed E-state index contributed by atoms with van der Waals surface area (Å²) in [6, 6.07) is 8.74. The van der Waals surface area contributed by atoms with E-state index in [1.165, 1.54) is 31.5 Å². The SMILES string of the molecule is COc1ccc(Cl)cc1S(=O)(=O)Nc1cnc2c(c1)CN(C(=O)Nc1cccnc1)[C@H](C)CO2. The summed E-state index contributed by atoms with van der Waals surface area (Å²) in [5.74, 6) is 0.474. The van der Waals surface area contributed by atoms with Crippen molar-refractivity contribution in [3.63, 3.8) is 0 Å². The van der Waals surface area contributed by atoms with Crippen LogP contribution in [0.15, 0.2) is 59.9 Å². The van der Waals surface area contributed by atoms with E-state index in [1.54, 1.807) is 35.5 Å². The molecular formula is C22H22ClN5O5S. The number of benzene rings is 1. The van der Waals surface area contributed by atoms with E-state index < -0.39 is 10.0 Å². The number of nitrogens with zero attached hydrogens (tertiary/aromatic N) is 3. The van der Waals surface area contributed by atoms with Gasteiger partial charge in [-0.25, -0.2) is 18.2 Å². The standard InChI is InChI=1S/C22H22ClN5O5S/c1-14-13-33-21-15(12-28(14)22(29)26-17-4-3-7-24-10-17)8-18(11-25-21)27-34(30,31)20-9-16(23)5-6-19(20)32-2/h3-11,14,27H,12-13H2,1-2H3,(H,26,29)/t14-/m1/s1. The molecule has 1 aromatic carbocycles. The number of nitrogens with one attached hydrogen (secondary N) is 2. The van der Waals surface area contributed by atoms with E-state index in [2.05, 4.69) is 20.0 Å². The van der Waals surface area contributed by atoms with E-state index in [0.29, 0.717) is 17.1 Å². The molecule has 1 aliphatic heterocycles. The predicted octanol–water partition coefficient (Wildman–Crippen LogP) is 3.75. The lowest BCUT2D eigenvalue weighted by atomic mass is 10.2. The van der Waals surface area contributed by atoms with E-state index in [1.807, 2.05) is 6.92 Å². The van der Waals surface area contributed by atoms with Gasteiger partial charge >= 0.3 is 6.03 Å². The largest absolute Gasteiger partial charge is 0.495 e. The minimum atomic E-state index is -4.04. The molecule has 0 unspecified atom stereocenters. The van der Waals surface area contributed by atoms with Crippen LogP contribution in [0.1, 0.15) is 12.5 Å². The lowest BCUT2D eigenvalue weighted by Gasteiger charge is -2.26. The normalized spacial score (nSPS) is 15.5. The molecule has 4 rings (SSSR count). The van der Waals surface area contributed by atoms with Gasteiger partial charge in [-0.05, 0) is 43.3 Å². The second-order valence-corrected chi connectivity index (χ2v) is 9.64. The number of methoxy groups -OCH3 is 1. The molecular weight excluding hydrogens is 482 g/mol. The second-order valence-electron chi connectivity index (χ2n) is 7.55. The fourth-order valence-electron chi connectivity index (χ4n) is 3.40. The number of rotatable bonds is 5. The van der Waals surface area contributed by atoms with Crippen LogP contribution in [-0.4, -0.2) is 49.1 Å². The monoisotopic (exact) mass is 503 g/mol. The first-order valence-corrected chi connectivity index (χ1v) is 12.1. The molecule has 34 heavy (non-hydrogen) atoms. The number of pyridine rings is 2. The number of halogens is 1. The number of hydrogen-bond acceptors (Lipinski definition) is 7. The number of aromatic nitrogens is 2. The molecule has 2 aromatic heterocycles. The molecule has 0 radical (unpaired) electrons. The van der Waals surface area contributed by atoms with Crippen LogP contribution in [0.2, 0.25) is 5.02 Å². The predicted molar refractivity (Wildman–Crippen MR) is 127 cm³/mol. The zero-order valence-corrected chi connectivity index (χ0v) is 19.9. The van der Waals surface area contributed by atoms with Gasteiger partial charge in [-0.3, -0.25) is 9.71 Å². The summed E-state index contributed by atoms with van der Waals surface area (Å²) in [5.41, 5.74) is 1.30. The van der Waals surface area contributed by atoms with Crippen molar-refractivity contribution in [3.8, 4) is 11.6 Å². The number of urea groups is 1. The van der Waals surface area contributed by atoms with Crippen molar-refractivity contribution in [2.45, 2.75) is 24.4 Å². The van der Waals surface area contributed by atoms with Crippen LogP contribution in [0.25, 0.3) is 0 Å². The third-order valence-corrected chi connectivity index (χ3v) is 6.74. The smallest absolute Gasteiger partial charge is 0.322 e. The summed E-state index contributed by atoms with van der Waals surface area (Å²) in [6.07, 6.45) is 4.51. The van der Waals surface area contributed by atoms with Gasteiger partial charge in [0, 0.05) is 16.8 Å². The molecule has 0 saturated carbocycles. The lowest BCUT2D eigenvalue weighted by Crippen LogP contribution is -2.42. The average molecular weight is 504 g/mol. The Bertz CT molecular complexity index is 1310. The van der Waals surface area contributed by atoms with E-state index in [9.17, 15) is 13.2 Å². The summed E-state index contributed by atoms with van der Waals surface area (Å²) in [4.78, 5) is 22.6. The number of fused-ring (bicyclic) bond motifs is 1. The zero-order chi connectivity index (χ0) is 24.3. The van der Waals surface area contributed by atoms with Crippen LogP contribution in [0.3, 0.4) is 0 Å². The van der Waals surface area contributed by atoms with Crippen LogP contribution >= 0.6 is 11.6 Å². The minimum Gasteiger partial charge on any atom is -0.495 e. The molecule has 0 saturated heterocycles. The summed E-state index contributed by atoms with van der Waals surface area (Å²) in [5, 5.41) is 3.05. The van der Waals surface area contributed by atoms with E-state index in [4.69, 9.17) is 21.1 Å². The Labute approximate surface area is 201 Å². The first-order valence-electron chi connectivity index (χ1n) is 10.2. The Kier molecular flexibility index (Phi) is 6.75. The van der Waals surface area contributed by atoms with Crippen molar-refractivity contribution in [1.82, 2.24) is 14.9 Å². The van der Waals surface area contributed by atoms with Crippen LogP contribution in [0, 0.1) is 0 Å². The van der Waals surface area contributed by atoms with Crippen molar-refractivity contribution in [1.29, 1.82) is 0 Å². The van der Waals surface area contributed by atoms with Crippen molar-refractivity contribution in [2.75, 3.05) is 23.8 Å². The second kappa shape index (κ2) is 9.74. The third kappa shape index (κ3) is 5.15. The fourth-order valence-corrected chi connectivity index (χ4v) is 4.87. The zero-order valence-electron chi connectivity index (χ0n) is 18.4. The lowest BCUT2D eigenvalue weighted by molar-refractivity contribution is 0.166. The molecule has 0 fully saturated rings. The number of hydrogen-bond donors (Lipinski definition) is 2. The van der Waals surface area contributed by atoms with Gasteiger partial charge in [0.2, 0.25) is 5.88 Å². The topological polar surface area (TPSA) is 123 Å². The molecule has 10 nitrogen and oxygen atoms in total. The number of anilines is 2. The number of amides is 2. The first kappa shape index (κ1) is 23.6. The van der Waals surface area contributed by atoms with Gasteiger partial charge in [-0.15, -0.1) is 0 Å². The highest BCUT2D eigenvalue weighted by Gasteiger charge is 2.28. The van der Waals surface area contributed by atoms with Crippen LogP contribution in [-0.2, 0) is 16.6 Å². The summed E-state index contributed by atoms with van der Waals surface area (Å²) < 4.78 is 39.4. The van der Waals surface area contributed by atoms with Gasteiger partial charge < -0.3 is 19.7 Å². The Morgan fingerprint density at radius 1 is 1.24 bits per heavy atom. The molecule has 1 aliphatic rings. The maximum atomic E-state index is 13.0. The maximum absolute atomic E-state index is 13.0. The molecule has 3 aromatic rings. The highest BCUT2D eigenvalue weighted by Crippen LogP contribution is 2.31. The van der Waals surface area contributed by atoms with E-state index in [-0.39, 0.29) is 46.6 Å². The molecule has 2 amide bonds. The summed E-state index contributed by atoms with van der Waals surface area (Å²) in [6.45, 7) is 2.24. The highest BCUT2D eigenvalue weighted by atomic mass is 35.5. The van der Waals surface area contributed by atoms with Gasteiger partial charge in [0.25, 0.3) is 10.0 Å². The maximum Gasteiger partial charge on any atom is 0.322 e. The van der Waals surface area contributed by atoms with Gasteiger partial charge in [0.15, 0.2) is 0 Å². The number of ether oxygens (including phenoxy) is 2. The molecule has 178 valence electrons. The summed E-state index contributed by atoms with van der Waals surface area (Å²) >= 11 is 5.99. The Balaban J connectivity index is 1.58. The number of carbonyl (C=O) groups is 1. The molecule has 2 N–H and O–H groups in total. The minimum absolute atomic E-state index is 0.111. The van der Waals surface area contributed by atoms with Gasteiger partial charge in [-0.1, -0.05) is 11.6 Å². The van der Waals surface area contributed by atoms with E-state index in [0.717, 1.165) is 0 Å². The molecule has 3 heterocycles. The highest BCUT2D eigenvalue weighted by molar-refractivity contribution is 7.92. The van der Waals surface area contributed by atoms with Crippen LogP contribution < -0.4 is 19.5 Å². The van der Waals surface area contributed by atoms with Gasteiger partial charge in [0.05, 0.1) is 43.5 Å². The summed E-state index contributed by atoms with van der Waals surface area (Å²) in [7, 11) is -2.66. The molecule has 1 atom stereocenters. The average Bonchev–Trinajstić information content (AvgIpc) is 2.98. The van der Waals surface area contributed by atoms with Gasteiger partial charge in [0.1, 0.15) is 17.3 Å². The Morgan fingerprint density at radius 2 is 2.06 bits per heavy atom. The van der Waals surface area contributed by atoms with Crippen LogP contribution in [0.4, 0.5) is 16.2 Å². The number of carbonyl (C=O) groups excluding carboxylic acids is 1. The Hall–Kier alpha value is -3.57. The van der Waals surface area contributed by atoms with Crippen molar-refractivity contribution in [3.05, 3.63) is 65.6 Å². The van der Waals surface area contributed by atoms with Crippen LogP contribution in [0.5, 0.6) is 11.6 Å². The first-order chi connectivity index (χ1) is 16.3. The quantitative estimate of drug-likeness (QED) is 0.543. The van der Waals surface area contributed by atoms with Crippen molar-refractivity contribution in [2.24, 2.45) is 0 Å². The Morgan fingerprint density at radius 3 is 2.79 bits per heavy atom. The van der Waals surface area contributed by atoms with Crippen molar-refractivity contribution >= 4 is 39.0 Å². The fraction of sp³-hybridized carbons (Fsp3) is 0.227. The molecule has 0 bridgehead atoms. The molecule has 0 aliphatic carbocycles.